The number of nitriles is 1. The number of rotatable bonds is 4. The molecule has 4 aliphatic rings. The molecule has 4 rings (SSSR count). The fourth-order valence-electron chi connectivity index (χ4n) is 5.31. The fourth-order valence-corrected chi connectivity index (χ4v) is 5.31. The lowest BCUT2D eigenvalue weighted by atomic mass is 9.82. The number of amides is 2. The Bertz CT molecular complexity index is 673. The number of carbonyl (C=O) groups is 2. The van der Waals surface area contributed by atoms with Crippen LogP contribution in [0.1, 0.15) is 44.9 Å². The Hall–Kier alpha value is -1.75. The molecule has 2 aliphatic heterocycles. The minimum absolute atomic E-state index is 0.0692. The highest BCUT2D eigenvalue weighted by atomic mass is 19.1. The van der Waals surface area contributed by atoms with E-state index in [1.807, 2.05) is 0 Å². The largest absolute Gasteiger partial charge is 0.380 e. The van der Waals surface area contributed by atoms with E-state index in [0.29, 0.717) is 45.4 Å². The predicted molar refractivity (Wildman–Crippen MR) is 100 cm³/mol. The fraction of sp³-hybridized carbons (Fsp3) is 0.857. The van der Waals surface area contributed by atoms with E-state index >= 15 is 0 Å². The van der Waals surface area contributed by atoms with Crippen molar-refractivity contribution in [3.63, 3.8) is 0 Å². The van der Waals surface area contributed by atoms with Gasteiger partial charge in [0.15, 0.2) is 0 Å². The number of hydrogen-bond acceptors (Lipinski definition) is 4. The smallest absolute Gasteiger partial charge is 0.246 e. The molecule has 6 nitrogen and oxygen atoms in total. The van der Waals surface area contributed by atoms with Gasteiger partial charge < -0.3 is 14.5 Å². The van der Waals surface area contributed by atoms with E-state index in [1.165, 1.54) is 4.90 Å². The van der Waals surface area contributed by atoms with Crippen molar-refractivity contribution in [3.05, 3.63) is 0 Å². The second-order valence-electron chi connectivity index (χ2n) is 9.10. The first-order valence-corrected chi connectivity index (χ1v) is 10.8. The van der Waals surface area contributed by atoms with Crippen LogP contribution in [0, 0.1) is 29.1 Å². The average molecular weight is 409 g/mol. The van der Waals surface area contributed by atoms with Crippen molar-refractivity contribution < 1.29 is 23.1 Å². The van der Waals surface area contributed by atoms with Crippen LogP contribution in [-0.2, 0) is 14.3 Å². The van der Waals surface area contributed by atoms with Crippen LogP contribution in [0.25, 0.3) is 0 Å². The Morgan fingerprint density at radius 3 is 2.38 bits per heavy atom. The van der Waals surface area contributed by atoms with Crippen molar-refractivity contribution in [2.75, 3.05) is 26.3 Å². The standard InChI is InChI=1S/C21H29F2N3O3/c22-16-4-1-13(2-5-16)9-26-19(27)10-25(21(28)20(26)15-11-29-12-15)18-6-3-14(8-24)7-17(18)23/h13-18,20H,1-7,9-12H2. The quantitative estimate of drug-likeness (QED) is 0.714. The van der Waals surface area contributed by atoms with Crippen molar-refractivity contribution >= 4 is 11.8 Å². The highest BCUT2D eigenvalue weighted by Gasteiger charge is 2.50. The Labute approximate surface area is 170 Å². The molecule has 2 heterocycles. The zero-order valence-corrected chi connectivity index (χ0v) is 16.6. The molecule has 8 heteroatoms. The number of carbonyl (C=O) groups excluding carboxylic acids is 2. The number of alkyl halides is 2. The summed E-state index contributed by atoms with van der Waals surface area (Å²) >= 11 is 0. The lowest BCUT2D eigenvalue weighted by Gasteiger charge is -2.49. The minimum Gasteiger partial charge on any atom is -0.380 e. The molecule has 29 heavy (non-hydrogen) atoms. The maximum atomic E-state index is 14.8. The Balaban J connectivity index is 1.49. The van der Waals surface area contributed by atoms with Crippen molar-refractivity contribution in [3.8, 4) is 6.07 Å². The van der Waals surface area contributed by atoms with Crippen molar-refractivity contribution in [2.24, 2.45) is 17.8 Å². The van der Waals surface area contributed by atoms with Gasteiger partial charge in [0.25, 0.3) is 0 Å². The first kappa shape index (κ1) is 20.5. The number of piperazine rings is 1. The van der Waals surface area contributed by atoms with E-state index in [0.717, 1.165) is 12.8 Å². The van der Waals surface area contributed by atoms with Gasteiger partial charge in [-0.1, -0.05) is 0 Å². The van der Waals surface area contributed by atoms with E-state index in [9.17, 15) is 18.4 Å². The summed E-state index contributed by atoms with van der Waals surface area (Å²) in [5.41, 5.74) is 0. The lowest BCUT2D eigenvalue weighted by Crippen LogP contribution is -2.68. The predicted octanol–water partition coefficient (Wildman–Crippen LogP) is 2.23. The Morgan fingerprint density at radius 2 is 1.79 bits per heavy atom. The average Bonchev–Trinajstić information content (AvgIpc) is 2.67. The molecule has 4 unspecified atom stereocenters. The summed E-state index contributed by atoms with van der Waals surface area (Å²) in [5.74, 6) is -0.539. The van der Waals surface area contributed by atoms with Gasteiger partial charge in [0.2, 0.25) is 11.8 Å². The molecule has 2 aliphatic carbocycles. The van der Waals surface area contributed by atoms with Crippen LogP contribution in [0.5, 0.6) is 0 Å². The van der Waals surface area contributed by atoms with E-state index in [4.69, 9.17) is 10.00 Å². The molecule has 2 saturated heterocycles. The molecule has 0 radical (unpaired) electrons. The molecule has 2 amide bonds. The lowest BCUT2D eigenvalue weighted by molar-refractivity contribution is -0.172. The van der Waals surface area contributed by atoms with Crippen LogP contribution < -0.4 is 0 Å². The van der Waals surface area contributed by atoms with Crippen LogP contribution in [0.2, 0.25) is 0 Å². The van der Waals surface area contributed by atoms with Gasteiger partial charge in [0.1, 0.15) is 24.9 Å². The third kappa shape index (κ3) is 4.11. The van der Waals surface area contributed by atoms with Crippen LogP contribution in [0.3, 0.4) is 0 Å². The summed E-state index contributed by atoms with van der Waals surface area (Å²) in [4.78, 5) is 29.5. The third-order valence-electron chi connectivity index (χ3n) is 7.16. The minimum atomic E-state index is -1.28. The number of nitrogens with zero attached hydrogens (tertiary/aromatic N) is 3. The summed E-state index contributed by atoms with van der Waals surface area (Å²) in [7, 11) is 0. The molecule has 0 N–H and O–H groups in total. The molecule has 4 atom stereocenters. The zero-order chi connectivity index (χ0) is 20.5. The van der Waals surface area contributed by atoms with Crippen LogP contribution >= 0.6 is 0 Å². The first-order chi connectivity index (χ1) is 14.0. The summed E-state index contributed by atoms with van der Waals surface area (Å²) in [6.45, 7) is 1.20. The van der Waals surface area contributed by atoms with Gasteiger partial charge in [-0.3, -0.25) is 9.59 Å². The third-order valence-corrected chi connectivity index (χ3v) is 7.16. The topological polar surface area (TPSA) is 73.6 Å². The second kappa shape index (κ2) is 8.55. The summed E-state index contributed by atoms with van der Waals surface area (Å²) < 4.78 is 33.5. The van der Waals surface area contributed by atoms with Gasteiger partial charge in [-0.15, -0.1) is 0 Å². The summed E-state index contributed by atoms with van der Waals surface area (Å²) in [5, 5.41) is 9.07. The van der Waals surface area contributed by atoms with Gasteiger partial charge in [-0.25, -0.2) is 8.78 Å². The number of ether oxygens (including phenoxy) is 1. The van der Waals surface area contributed by atoms with Crippen LogP contribution in [0.15, 0.2) is 0 Å². The van der Waals surface area contributed by atoms with Gasteiger partial charge in [-0.05, 0) is 50.9 Å². The molecule has 2 saturated carbocycles. The first-order valence-electron chi connectivity index (χ1n) is 10.8. The van der Waals surface area contributed by atoms with E-state index in [1.54, 1.807) is 4.90 Å². The molecule has 0 aromatic heterocycles. The number of halogens is 2. The van der Waals surface area contributed by atoms with Gasteiger partial charge in [-0.2, -0.15) is 5.26 Å². The number of hydrogen-bond donors (Lipinski definition) is 0. The summed E-state index contributed by atoms with van der Waals surface area (Å²) in [6, 6.07) is 0.865. The molecule has 0 aromatic carbocycles. The van der Waals surface area contributed by atoms with Gasteiger partial charge >= 0.3 is 0 Å². The van der Waals surface area contributed by atoms with Crippen LogP contribution in [0.4, 0.5) is 8.78 Å². The maximum Gasteiger partial charge on any atom is 0.246 e. The Morgan fingerprint density at radius 1 is 1.07 bits per heavy atom. The van der Waals surface area contributed by atoms with Crippen LogP contribution in [-0.4, -0.2) is 72.3 Å². The monoisotopic (exact) mass is 409 g/mol. The SMILES string of the molecule is N#CC1CCC(N2CC(=O)N(CC3CCC(F)CC3)C(C3COC3)C2=O)C(F)C1. The molecular weight excluding hydrogens is 380 g/mol. The van der Waals surface area contributed by atoms with Gasteiger partial charge in [0.05, 0.1) is 25.3 Å². The normalized spacial score (nSPS) is 39.2. The molecular formula is C21H29F2N3O3. The zero-order valence-electron chi connectivity index (χ0n) is 16.6. The van der Waals surface area contributed by atoms with E-state index in [2.05, 4.69) is 6.07 Å². The van der Waals surface area contributed by atoms with Gasteiger partial charge in [0, 0.05) is 18.4 Å². The Kier molecular flexibility index (Phi) is 6.05. The van der Waals surface area contributed by atoms with Crippen molar-refractivity contribution in [1.82, 2.24) is 9.80 Å². The molecule has 0 bridgehead atoms. The highest BCUT2D eigenvalue weighted by Crippen LogP contribution is 2.35. The van der Waals surface area contributed by atoms with E-state index in [-0.39, 0.29) is 42.5 Å². The molecule has 0 aromatic rings. The van der Waals surface area contributed by atoms with Crippen molar-refractivity contribution in [2.45, 2.75) is 69.4 Å². The maximum absolute atomic E-state index is 14.8. The molecule has 0 spiro atoms. The molecule has 160 valence electrons. The molecule has 4 fully saturated rings. The van der Waals surface area contributed by atoms with Crippen molar-refractivity contribution in [1.29, 1.82) is 5.26 Å². The second-order valence-corrected chi connectivity index (χ2v) is 9.10. The highest BCUT2D eigenvalue weighted by molar-refractivity contribution is 5.95. The summed E-state index contributed by atoms with van der Waals surface area (Å²) in [6.07, 6.45) is 1.50. The van der Waals surface area contributed by atoms with E-state index < -0.39 is 24.4 Å².